The zero-order valence-electron chi connectivity index (χ0n) is 21.1. The highest BCUT2D eigenvalue weighted by Crippen LogP contribution is 2.44. The van der Waals surface area contributed by atoms with Crippen molar-refractivity contribution in [3.63, 3.8) is 0 Å². The number of ether oxygens (including phenoxy) is 1. The van der Waals surface area contributed by atoms with E-state index < -0.39 is 8.32 Å². The number of fused-ring (bicyclic) bond motifs is 1. The van der Waals surface area contributed by atoms with Gasteiger partial charge in [-0.25, -0.2) is 15.0 Å². The van der Waals surface area contributed by atoms with Crippen LogP contribution in [-0.2, 0) is 9.16 Å². The second-order valence-electron chi connectivity index (χ2n) is 10.5. The van der Waals surface area contributed by atoms with Gasteiger partial charge in [0.1, 0.15) is 6.33 Å². The highest BCUT2D eigenvalue weighted by Gasteiger charge is 2.49. The van der Waals surface area contributed by atoms with Crippen LogP contribution in [-0.4, -0.2) is 46.0 Å². The Labute approximate surface area is 202 Å². The first-order chi connectivity index (χ1) is 16.0. The van der Waals surface area contributed by atoms with Crippen molar-refractivity contribution in [1.29, 1.82) is 0 Å². The molecule has 1 aliphatic rings. The molecule has 0 saturated carbocycles. The minimum Gasteiger partial charge on any atom is -0.409 e. The maximum atomic E-state index is 12.7. The zero-order valence-corrected chi connectivity index (χ0v) is 22.1. The maximum Gasteiger partial charge on any atom is 0.256 e. The van der Waals surface area contributed by atoms with Crippen molar-refractivity contribution in [2.24, 2.45) is 5.92 Å². The van der Waals surface area contributed by atoms with Crippen LogP contribution in [0.25, 0.3) is 11.2 Å². The Balaban J connectivity index is 1.68. The molecule has 4 rings (SSSR count). The van der Waals surface area contributed by atoms with Gasteiger partial charge in [0.2, 0.25) is 0 Å². The lowest BCUT2D eigenvalue weighted by Gasteiger charge is -2.40. The van der Waals surface area contributed by atoms with E-state index in [-0.39, 0.29) is 35.3 Å². The minimum absolute atomic E-state index is 0.0790. The largest absolute Gasteiger partial charge is 0.409 e. The van der Waals surface area contributed by atoms with E-state index in [1.807, 2.05) is 22.8 Å². The third kappa shape index (κ3) is 4.52. The van der Waals surface area contributed by atoms with Crippen molar-refractivity contribution in [2.75, 3.05) is 5.32 Å². The van der Waals surface area contributed by atoms with Crippen molar-refractivity contribution in [3.05, 3.63) is 48.5 Å². The van der Waals surface area contributed by atoms with Gasteiger partial charge in [0.15, 0.2) is 31.5 Å². The van der Waals surface area contributed by atoms with Gasteiger partial charge in [-0.15, -0.1) is 0 Å². The summed E-state index contributed by atoms with van der Waals surface area (Å²) in [6.45, 7) is 15.6. The molecular weight excluding hydrogens is 446 g/mol. The van der Waals surface area contributed by atoms with Crippen molar-refractivity contribution in [2.45, 2.75) is 77.6 Å². The van der Waals surface area contributed by atoms with Crippen LogP contribution >= 0.6 is 0 Å². The fourth-order valence-electron chi connectivity index (χ4n) is 4.12. The van der Waals surface area contributed by atoms with Crippen LogP contribution in [0.3, 0.4) is 0 Å². The average Bonchev–Trinajstić information content (AvgIpc) is 3.35. The van der Waals surface area contributed by atoms with E-state index in [0.717, 1.165) is 6.42 Å². The number of nitrogens with one attached hydrogen (secondary N) is 1. The van der Waals surface area contributed by atoms with E-state index in [1.54, 1.807) is 18.5 Å². The molecule has 0 aliphatic carbocycles. The van der Waals surface area contributed by atoms with Crippen molar-refractivity contribution < 1.29 is 14.0 Å². The van der Waals surface area contributed by atoms with Crippen LogP contribution in [0.4, 0.5) is 5.82 Å². The number of hydrogen-bond acceptors (Lipinski definition) is 6. The summed E-state index contributed by atoms with van der Waals surface area (Å²) in [6.07, 6.45) is 3.66. The van der Waals surface area contributed by atoms with E-state index in [9.17, 15) is 4.79 Å². The molecule has 0 spiro atoms. The average molecular weight is 482 g/mol. The molecule has 1 aromatic carbocycles. The molecular formula is C25H35N5O3Si. The zero-order chi connectivity index (χ0) is 24.7. The van der Waals surface area contributed by atoms with Crippen LogP contribution in [0.1, 0.15) is 57.6 Å². The van der Waals surface area contributed by atoms with Crippen molar-refractivity contribution in [1.82, 2.24) is 19.5 Å². The summed E-state index contributed by atoms with van der Waals surface area (Å²) in [4.78, 5) is 26.0. The number of aromatic nitrogens is 4. The Morgan fingerprint density at radius 2 is 1.88 bits per heavy atom. The van der Waals surface area contributed by atoms with Gasteiger partial charge in [0.05, 0.1) is 18.5 Å². The molecule has 182 valence electrons. The summed E-state index contributed by atoms with van der Waals surface area (Å²) in [5, 5.41) is 2.95. The number of hydrogen-bond donors (Lipinski definition) is 1. The maximum absolute atomic E-state index is 12.7. The van der Waals surface area contributed by atoms with Crippen LogP contribution in [0.2, 0.25) is 18.1 Å². The van der Waals surface area contributed by atoms with Gasteiger partial charge < -0.3 is 14.5 Å². The third-order valence-corrected chi connectivity index (χ3v) is 11.7. The molecule has 1 aliphatic heterocycles. The second kappa shape index (κ2) is 9.20. The first-order valence-electron chi connectivity index (χ1n) is 11.9. The van der Waals surface area contributed by atoms with Gasteiger partial charge in [-0.1, -0.05) is 52.8 Å². The number of carbonyl (C=O) groups excluding carboxylic acids is 1. The molecule has 9 heteroatoms. The Bertz CT molecular complexity index is 1160. The number of rotatable bonds is 6. The third-order valence-electron chi connectivity index (χ3n) is 7.24. The highest BCUT2D eigenvalue weighted by atomic mass is 28.4. The Kier molecular flexibility index (Phi) is 6.63. The van der Waals surface area contributed by atoms with Crippen LogP contribution in [0, 0.1) is 5.92 Å². The molecule has 0 bridgehead atoms. The number of carbonyl (C=O) groups is 1. The summed E-state index contributed by atoms with van der Waals surface area (Å²) in [5.41, 5.74) is 1.68. The monoisotopic (exact) mass is 481 g/mol. The lowest BCUT2D eigenvalue weighted by molar-refractivity contribution is -0.0321. The molecule has 3 heterocycles. The van der Waals surface area contributed by atoms with Gasteiger partial charge >= 0.3 is 0 Å². The SMILES string of the molecule is CCC1OC(n2cnc3c(NC(=O)c4ccccc4)ncnc32)C(O[Si](C)(C)C(C)(C)C)[C@H]1C. The van der Waals surface area contributed by atoms with Gasteiger partial charge in [0, 0.05) is 11.5 Å². The van der Waals surface area contributed by atoms with E-state index in [0.29, 0.717) is 22.5 Å². The van der Waals surface area contributed by atoms with Crippen molar-refractivity contribution >= 4 is 31.2 Å². The smallest absolute Gasteiger partial charge is 0.256 e. The Morgan fingerprint density at radius 1 is 1.18 bits per heavy atom. The molecule has 34 heavy (non-hydrogen) atoms. The second-order valence-corrected chi connectivity index (χ2v) is 15.3. The predicted octanol–water partition coefficient (Wildman–Crippen LogP) is 5.41. The fourth-order valence-corrected chi connectivity index (χ4v) is 5.49. The summed E-state index contributed by atoms with van der Waals surface area (Å²) in [7, 11) is -2.05. The van der Waals surface area contributed by atoms with E-state index in [1.165, 1.54) is 6.33 Å². The minimum atomic E-state index is -2.05. The first-order valence-corrected chi connectivity index (χ1v) is 14.8. The summed E-state index contributed by atoms with van der Waals surface area (Å²) >= 11 is 0. The normalized spacial score (nSPS) is 23.4. The fraction of sp³-hybridized carbons (Fsp3) is 0.520. The Morgan fingerprint density at radius 3 is 2.53 bits per heavy atom. The van der Waals surface area contributed by atoms with Gasteiger partial charge in [0.25, 0.3) is 5.91 Å². The number of amides is 1. The van der Waals surface area contributed by atoms with Gasteiger partial charge in [-0.05, 0) is 36.7 Å². The summed E-state index contributed by atoms with van der Waals surface area (Å²) < 4.78 is 15.3. The quantitative estimate of drug-likeness (QED) is 0.473. The molecule has 4 atom stereocenters. The number of nitrogens with zero attached hydrogens (tertiary/aromatic N) is 4. The van der Waals surface area contributed by atoms with Crippen molar-refractivity contribution in [3.8, 4) is 0 Å². The lowest BCUT2D eigenvalue weighted by Crippen LogP contribution is -2.46. The van der Waals surface area contributed by atoms with Gasteiger partial charge in [-0.2, -0.15) is 0 Å². The van der Waals surface area contributed by atoms with Crippen LogP contribution in [0.15, 0.2) is 43.0 Å². The summed E-state index contributed by atoms with van der Waals surface area (Å²) in [5.74, 6) is 0.351. The molecule has 1 amide bonds. The number of anilines is 1. The molecule has 8 nitrogen and oxygen atoms in total. The molecule has 1 N–H and O–H groups in total. The molecule has 3 aromatic rings. The van der Waals surface area contributed by atoms with Crippen LogP contribution in [0.5, 0.6) is 0 Å². The van der Waals surface area contributed by atoms with Crippen LogP contribution < -0.4 is 5.32 Å². The van der Waals surface area contributed by atoms with E-state index >= 15 is 0 Å². The molecule has 0 radical (unpaired) electrons. The standard InChI is InChI=1S/C25H35N5O3Si/c1-8-18-16(2)20(33-34(6,7)25(3,4)5)24(32-18)30-15-28-19-21(26-14-27-22(19)30)29-23(31)17-12-10-9-11-13-17/h9-16,18,20,24H,8H2,1-7H3,(H,26,27,29,31)/t16-,18?,20?,24?/m0/s1. The van der Waals surface area contributed by atoms with Gasteiger partial charge in [-0.3, -0.25) is 9.36 Å². The van der Waals surface area contributed by atoms with E-state index in [4.69, 9.17) is 9.16 Å². The number of benzene rings is 1. The Hall–Kier alpha value is -2.62. The first kappa shape index (κ1) is 24.5. The number of imidazole rings is 1. The predicted molar refractivity (Wildman–Crippen MR) is 135 cm³/mol. The lowest BCUT2D eigenvalue weighted by atomic mass is 9.99. The molecule has 2 aromatic heterocycles. The topological polar surface area (TPSA) is 91.2 Å². The molecule has 1 fully saturated rings. The molecule has 1 saturated heterocycles. The highest BCUT2D eigenvalue weighted by molar-refractivity contribution is 6.74. The van der Waals surface area contributed by atoms with E-state index in [2.05, 4.69) is 68.0 Å². The summed E-state index contributed by atoms with van der Waals surface area (Å²) in [6, 6.07) is 9.03. The molecule has 3 unspecified atom stereocenters.